The predicted molar refractivity (Wildman–Crippen MR) is 141 cm³/mol. The molecule has 9 heteroatoms. The second-order valence-corrected chi connectivity index (χ2v) is 11.1. The molecular weight excluding hydrogens is 492 g/mol. The van der Waals surface area contributed by atoms with Crippen molar-refractivity contribution in [2.75, 3.05) is 26.7 Å². The van der Waals surface area contributed by atoms with Crippen LogP contribution in [0, 0.1) is 6.92 Å². The summed E-state index contributed by atoms with van der Waals surface area (Å²) in [5.41, 5.74) is 0.809. The summed E-state index contributed by atoms with van der Waals surface area (Å²) in [6, 6.07) is 15.9. The van der Waals surface area contributed by atoms with E-state index in [0.29, 0.717) is 25.8 Å². The highest BCUT2D eigenvalue weighted by atomic mass is 32.2. The van der Waals surface area contributed by atoms with Gasteiger partial charge in [-0.05, 0) is 43.9 Å². The third-order valence-electron chi connectivity index (χ3n) is 6.52. The summed E-state index contributed by atoms with van der Waals surface area (Å²) >= 11 is 0. The first-order valence-corrected chi connectivity index (χ1v) is 13.5. The molecule has 1 unspecified atom stereocenters. The average molecular weight is 527 g/mol. The summed E-state index contributed by atoms with van der Waals surface area (Å²) in [4.78, 5) is 27.3. The molecule has 0 spiro atoms. The first-order valence-electron chi connectivity index (χ1n) is 12.0. The Morgan fingerprint density at radius 3 is 2.43 bits per heavy atom. The van der Waals surface area contributed by atoms with E-state index in [9.17, 15) is 18.0 Å². The average Bonchev–Trinajstić information content (AvgIpc) is 2.90. The fraction of sp³-hybridized carbons (Fsp3) is 0.357. The lowest BCUT2D eigenvalue weighted by Crippen LogP contribution is -2.61. The van der Waals surface area contributed by atoms with Gasteiger partial charge in [0, 0.05) is 18.7 Å². The highest BCUT2D eigenvalue weighted by Gasteiger charge is 2.46. The van der Waals surface area contributed by atoms with Crippen molar-refractivity contribution in [2.45, 2.75) is 43.2 Å². The molecule has 0 bridgehead atoms. The van der Waals surface area contributed by atoms with Crippen molar-refractivity contribution >= 4 is 22.1 Å². The number of hydrogen-bond donors (Lipinski definition) is 0. The fourth-order valence-electron chi connectivity index (χ4n) is 4.52. The zero-order valence-electron chi connectivity index (χ0n) is 21.4. The molecule has 0 radical (unpaired) electrons. The van der Waals surface area contributed by atoms with E-state index in [-0.39, 0.29) is 30.2 Å². The molecule has 2 aromatic rings. The van der Waals surface area contributed by atoms with Gasteiger partial charge in [0.05, 0.1) is 24.1 Å². The minimum absolute atomic E-state index is 0.0180. The van der Waals surface area contributed by atoms with Gasteiger partial charge < -0.3 is 9.47 Å². The molecule has 8 nitrogen and oxygen atoms in total. The molecule has 0 aliphatic carbocycles. The van der Waals surface area contributed by atoms with Crippen LogP contribution in [0.1, 0.15) is 30.4 Å². The minimum Gasteiger partial charge on any atom is -0.466 e. The SMILES string of the molecule is C=CCC1(N(CC(=C)C(=O)OC)C(=O)OCc2ccccc2)CCCN(S(=O)(=O)c2ccc(C)cc2)C1. The summed E-state index contributed by atoms with van der Waals surface area (Å²) in [6.45, 7) is 9.72. The van der Waals surface area contributed by atoms with Gasteiger partial charge in [-0.2, -0.15) is 4.31 Å². The second kappa shape index (κ2) is 12.2. The van der Waals surface area contributed by atoms with Crippen molar-refractivity contribution in [3.05, 3.63) is 90.5 Å². The van der Waals surface area contributed by atoms with Crippen molar-refractivity contribution in [3.8, 4) is 0 Å². The monoisotopic (exact) mass is 526 g/mol. The highest BCUT2D eigenvalue weighted by Crippen LogP contribution is 2.35. The third-order valence-corrected chi connectivity index (χ3v) is 8.38. The largest absolute Gasteiger partial charge is 0.466 e. The number of benzene rings is 2. The lowest BCUT2D eigenvalue weighted by Gasteiger charge is -2.48. The first kappa shape index (κ1) is 28.1. The van der Waals surface area contributed by atoms with Crippen LogP contribution in [0.2, 0.25) is 0 Å². The molecule has 198 valence electrons. The van der Waals surface area contributed by atoms with Crippen molar-refractivity contribution in [1.29, 1.82) is 0 Å². The zero-order valence-corrected chi connectivity index (χ0v) is 22.2. The zero-order chi connectivity index (χ0) is 27.1. The Morgan fingerprint density at radius 1 is 1.14 bits per heavy atom. The van der Waals surface area contributed by atoms with Crippen LogP contribution in [0.3, 0.4) is 0 Å². The van der Waals surface area contributed by atoms with Gasteiger partial charge in [0.1, 0.15) is 6.61 Å². The van der Waals surface area contributed by atoms with Crippen LogP contribution in [-0.4, -0.2) is 62.0 Å². The number of ether oxygens (including phenoxy) is 2. The third kappa shape index (κ3) is 6.67. The van der Waals surface area contributed by atoms with E-state index < -0.39 is 27.6 Å². The van der Waals surface area contributed by atoms with Gasteiger partial charge in [0.15, 0.2) is 0 Å². The molecule has 37 heavy (non-hydrogen) atoms. The van der Waals surface area contributed by atoms with E-state index >= 15 is 0 Å². The standard InChI is InChI=1S/C28H34N2O6S/c1-5-16-28(17-9-18-29(21-28)37(33,34)25-14-12-22(2)13-15-25)30(19-23(3)26(31)35-4)27(32)36-20-24-10-7-6-8-11-24/h5-8,10-15H,1,3,9,16-21H2,2,4H3. The Kier molecular flexibility index (Phi) is 9.29. The molecule has 2 aromatic carbocycles. The van der Waals surface area contributed by atoms with Crippen molar-refractivity contribution in [1.82, 2.24) is 9.21 Å². The second-order valence-electron chi connectivity index (χ2n) is 9.19. The Bertz CT molecular complexity index is 1230. The number of sulfonamides is 1. The number of piperidine rings is 1. The quantitative estimate of drug-likeness (QED) is 0.258. The molecule has 3 rings (SSSR count). The van der Waals surface area contributed by atoms with E-state index in [0.717, 1.165) is 11.1 Å². The lowest BCUT2D eigenvalue weighted by atomic mass is 9.84. The van der Waals surface area contributed by atoms with Gasteiger partial charge in [0.25, 0.3) is 0 Å². The van der Waals surface area contributed by atoms with Crippen molar-refractivity contribution in [2.24, 2.45) is 0 Å². The number of aryl methyl sites for hydroxylation is 1. The molecule has 0 saturated carbocycles. The van der Waals surface area contributed by atoms with Gasteiger partial charge in [-0.25, -0.2) is 18.0 Å². The fourth-order valence-corrected chi connectivity index (χ4v) is 6.08. The number of carbonyl (C=O) groups excluding carboxylic acids is 2. The van der Waals surface area contributed by atoms with Gasteiger partial charge in [-0.15, -0.1) is 6.58 Å². The van der Waals surface area contributed by atoms with Gasteiger partial charge in [-0.3, -0.25) is 4.90 Å². The minimum atomic E-state index is -3.83. The molecule has 1 saturated heterocycles. The van der Waals surface area contributed by atoms with Crippen molar-refractivity contribution in [3.63, 3.8) is 0 Å². The molecule has 1 fully saturated rings. The molecule has 1 amide bonds. The van der Waals surface area contributed by atoms with Crippen LogP contribution in [0.4, 0.5) is 4.79 Å². The van der Waals surface area contributed by atoms with E-state index in [1.165, 1.54) is 16.3 Å². The maximum Gasteiger partial charge on any atom is 0.410 e. The van der Waals surface area contributed by atoms with Crippen molar-refractivity contribution < 1.29 is 27.5 Å². The van der Waals surface area contributed by atoms with Crippen LogP contribution < -0.4 is 0 Å². The summed E-state index contributed by atoms with van der Waals surface area (Å²) in [7, 11) is -2.59. The summed E-state index contributed by atoms with van der Waals surface area (Å²) < 4.78 is 38.9. The smallest absolute Gasteiger partial charge is 0.410 e. The van der Waals surface area contributed by atoms with Crippen LogP contribution >= 0.6 is 0 Å². The van der Waals surface area contributed by atoms with Crippen LogP contribution in [0.5, 0.6) is 0 Å². The Balaban J connectivity index is 1.95. The molecule has 0 N–H and O–H groups in total. The molecule has 1 heterocycles. The maximum absolute atomic E-state index is 13.5. The van der Waals surface area contributed by atoms with Crippen LogP contribution in [-0.2, 0) is 30.9 Å². The topological polar surface area (TPSA) is 93.2 Å². The highest BCUT2D eigenvalue weighted by molar-refractivity contribution is 7.89. The number of methoxy groups -OCH3 is 1. The maximum atomic E-state index is 13.5. The van der Waals surface area contributed by atoms with Gasteiger partial charge in [-0.1, -0.05) is 60.7 Å². The normalized spacial score (nSPS) is 18.0. The number of hydrogen-bond acceptors (Lipinski definition) is 6. The van der Waals surface area contributed by atoms with E-state index in [4.69, 9.17) is 9.47 Å². The molecule has 1 aliphatic rings. The Hall–Kier alpha value is -3.43. The predicted octanol–water partition coefficient (Wildman–Crippen LogP) is 4.46. The number of amides is 1. The number of esters is 1. The number of nitrogens with zero attached hydrogens (tertiary/aromatic N) is 2. The van der Waals surface area contributed by atoms with Crippen LogP contribution in [0.15, 0.2) is 84.3 Å². The van der Waals surface area contributed by atoms with Gasteiger partial charge >= 0.3 is 12.1 Å². The Labute approximate surface area is 219 Å². The van der Waals surface area contributed by atoms with Crippen LogP contribution in [0.25, 0.3) is 0 Å². The van der Waals surface area contributed by atoms with E-state index in [2.05, 4.69) is 13.2 Å². The lowest BCUT2D eigenvalue weighted by molar-refractivity contribution is -0.136. The summed E-state index contributed by atoms with van der Waals surface area (Å²) in [5, 5.41) is 0. The summed E-state index contributed by atoms with van der Waals surface area (Å²) in [6.07, 6.45) is 2.27. The molecular formula is C28H34N2O6S. The molecule has 1 aliphatic heterocycles. The number of rotatable bonds is 10. The molecule has 1 atom stereocenters. The number of carbonyl (C=O) groups is 2. The van der Waals surface area contributed by atoms with E-state index in [1.807, 2.05) is 37.3 Å². The molecule has 0 aromatic heterocycles. The Morgan fingerprint density at radius 2 is 1.81 bits per heavy atom. The first-order chi connectivity index (χ1) is 17.6. The summed E-state index contributed by atoms with van der Waals surface area (Å²) in [5.74, 6) is -0.658. The van der Waals surface area contributed by atoms with Gasteiger partial charge in [0.2, 0.25) is 10.0 Å². The van der Waals surface area contributed by atoms with E-state index in [1.54, 1.807) is 30.3 Å².